The second kappa shape index (κ2) is 7.18. The van der Waals surface area contributed by atoms with Crippen molar-refractivity contribution in [1.82, 2.24) is 9.88 Å². The van der Waals surface area contributed by atoms with Gasteiger partial charge in [-0.3, -0.25) is 4.79 Å². The zero-order valence-corrected chi connectivity index (χ0v) is 15.0. The SMILES string of the molecule is Cc1csc(N2CCC(C(=O)N3CCC(C)CC3CN)CC2)n1. The fourth-order valence-corrected chi connectivity index (χ4v) is 4.66. The number of nitrogens with zero attached hydrogens (tertiary/aromatic N) is 3. The smallest absolute Gasteiger partial charge is 0.226 e. The molecule has 5 nitrogen and oxygen atoms in total. The van der Waals surface area contributed by atoms with E-state index < -0.39 is 0 Å². The molecule has 2 saturated heterocycles. The summed E-state index contributed by atoms with van der Waals surface area (Å²) in [5, 5.41) is 3.19. The fraction of sp³-hybridized carbons (Fsp3) is 0.765. The molecule has 2 aliphatic heterocycles. The van der Waals surface area contributed by atoms with Gasteiger partial charge in [-0.2, -0.15) is 0 Å². The normalized spacial score (nSPS) is 26.6. The Balaban J connectivity index is 1.57. The first kappa shape index (κ1) is 16.7. The molecule has 0 spiro atoms. The van der Waals surface area contributed by atoms with Crippen LogP contribution in [0.15, 0.2) is 5.38 Å². The Morgan fingerprint density at radius 2 is 2.09 bits per heavy atom. The first-order valence-corrected chi connectivity index (χ1v) is 9.64. The van der Waals surface area contributed by atoms with Gasteiger partial charge in [-0.05, 0) is 38.5 Å². The lowest BCUT2D eigenvalue weighted by molar-refractivity contribution is -0.140. The van der Waals surface area contributed by atoms with Gasteiger partial charge in [-0.25, -0.2) is 4.98 Å². The van der Waals surface area contributed by atoms with Crippen molar-refractivity contribution in [1.29, 1.82) is 0 Å². The highest BCUT2D eigenvalue weighted by atomic mass is 32.1. The number of carbonyl (C=O) groups excluding carboxylic acids is 1. The highest BCUT2D eigenvalue weighted by molar-refractivity contribution is 7.13. The van der Waals surface area contributed by atoms with E-state index in [2.05, 4.69) is 27.1 Å². The monoisotopic (exact) mass is 336 g/mol. The fourth-order valence-electron chi connectivity index (χ4n) is 3.80. The zero-order valence-electron chi connectivity index (χ0n) is 14.2. The summed E-state index contributed by atoms with van der Waals surface area (Å²) in [6, 6.07) is 0.242. The number of hydrogen-bond donors (Lipinski definition) is 1. The first-order valence-electron chi connectivity index (χ1n) is 8.76. The molecule has 1 amide bonds. The van der Waals surface area contributed by atoms with Crippen molar-refractivity contribution in [2.75, 3.05) is 31.1 Å². The van der Waals surface area contributed by atoms with Crippen LogP contribution < -0.4 is 10.6 Å². The summed E-state index contributed by atoms with van der Waals surface area (Å²) in [5.41, 5.74) is 6.99. The van der Waals surface area contributed by atoms with Crippen LogP contribution in [0.5, 0.6) is 0 Å². The molecule has 2 aliphatic rings. The minimum atomic E-state index is 0.162. The van der Waals surface area contributed by atoms with Gasteiger partial charge in [0.2, 0.25) is 5.91 Å². The van der Waals surface area contributed by atoms with Crippen molar-refractivity contribution in [3.05, 3.63) is 11.1 Å². The van der Waals surface area contributed by atoms with E-state index in [9.17, 15) is 4.79 Å². The number of piperidine rings is 2. The standard InChI is InChI=1S/C17H28N4OS/c1-12-3-8-21(15(9-12)10-18)16(22)14-4-6-20(7-5-14)17-19-13(2)11-23-17/h11-12,14-15H,3-10,18H2,1-2H3. The molecular weight excluding hydrogens is 308 g/mol. The van der Waals surface area contributed by atoms with Crippen LogP contribution in [0, 0.1) is 18.8 Å². The number of aromatic nitrogens is 1. The number of thiazole rings is 1. The summed E-state index contributed by atoms with van der Waals surface area (Å²) in [5.74, 6) is 1.18. The average Bonchev–Trinajstić information content (AvgIpc) is 3.00. The molecule has 23 heavy (non-hydrogen) atoms. The average molecular weight is 337 g/mol. The molecule has 2 unspecified atom stereocenters. The Bertz CT molecular complexity index is 538. The first-order chi connectivity index (χ1) is 11.1. The number of rotatable bonds is 3. The minimum absolute atomic E-state index is 0.162. The number of aryl methyl sites for hydroxylation is 1. The van der Waals surface area contributed by atoms with Gasteiger partial charge in [0, 0.05) is 43.5 Å². The van der Waals surface area contributed by atoms with E-state index in [1.165, 1.54) is 0 Å². The van der Waals surface area contributed by atoms with Gasteiger partial charge in [0.1, 0.15) is 0 Å². The van der Waals surface area contributed by atoms with Gasteiger partial charge >= 0.3 is 0 Å². The van der Waals surface area contributed by atoms with Crippen molar-refractivity contribution in [2.45, 2.75) is 45.6 Å². The van der Waals surface area contributed by atoms with E-state index >= 15 is 0 Å². The minimum Gasteiger partial charge on any atom is -0.348 e. The lowest BCUT2D eigenvalue weighted by Crippen LogP contribution is -2.52. The largest absolute Gasteiger partial charge is 0.348 e. The predicted octanol–water partition coefficient (Wildman–Crippen LogP) is 2.25. The van der Waals surface area contributed by atoms with E-state index in [1.807, 2.05) is 6.92 Å². The van der Waals surface area contributed by atoms with Crippen LogP contribution in [0.1, 0.15) is 38.3 Å². The number of hydrogen-bond acceptors (Lipinski definition) is 5. The van der Waals surface area contributed by atoms with Crippen LogP contribution >= 0.6 is 11.3 Å². The van der Waals surface area contributed by atoms with Crippen molar-refractivity contribution in [3.8, 4) is 0 Å². The molecule has 1 aromatic rings. The maximum absolute atomic E-state index is 12.9. The number of likely N-dealkylation sites (tertiary alicyclic amines) is 1. The molecule has 3 heterocycles. The second-order valence-electron chi connectivity index (χ2n) is 7.08. The Hall–Kier alpha value is -1.14. The molecule has 0 saturated carbocycles. The molecule has 2 atom stereocenters. The number of nitrogens with two attached hydrogens (primary N) is 1. The Morgan fingerprint density at radius 3 is 2.70 bits per heavy atom. The Morgan fingerprint density at radius 1 is 1.35 bits per heavy atom. The van der Waals surface area contributed by atoms with Crippen molar-refractivity contribution < 1.29 is 4.79 Å². The van der Waals surface area contributed by atoms with E-state index in [0.29, 0.717) is 18.4 Å². The molecule has 2 N–H and O–H groups in total. The van der Waals surface area contributed by atoms with Gasteiger partial charge in [0.05, 0.1) is 5.69 Å². The van der Waals surface area contributed by atoms with Crippen molar-refractivity contribution >= 4 is 22.4 Å². The molecule has 0 aliphatic carbocycles. The van der Waals surface area contributed by atoms with Crippen LogP contribution in [0.25, 0.3) is 0 Å². The topological polar surface area (TPSA) is 62.5 Å². The molecule has 0 radical (unpaired) electrons. The summed E-state index contributed by atoms with van der Waals surface area (Å²) >= 11 is 1.70. The third kappa shape index (κ3) is 3.69. The highest BCUT2D eigenvalue weighted by Gasteiger charge is 2.34. The third-order valence-electron chi connectivity index (χ3n) is 5.25. The summed E-state index contributed by atoms with van der Waals surface area (Å²) in [6.45, 7) is 7.63. The second-order valence-corrected chi connectivity index (χ2v) is 7.92. The summed E-state index contributed by atoms with van der Waals surface area (Å²) < 4.78 is 0. The van der Waals surface area contributed by atoms with Gasteiger partial charge in [-0.15, -0.1) is 11.3 Å². The van der Waals surface area contributed by atoms with Gasteiger partial charge in [0.25, 0.3) is 0 Å². The zero-order chi connectivity index (χ0) is 16.4. The van der Waals surface area contributed by atoms with Crippen LogP contribution in [0.2, 0.25) is 0 Å². The summed E-state index contributed by atoms with van der Waals surface area (Å²) in [4.78, 5) is 21.9. The van der Waals surface area contributed by atoms with E-state index in [0.717, 1.165) is 56.1 Å². The molecule has 0 bridgehead atoms. The van der Waals surface area contributed by atoms with E-state index in [4.69, 9.17) is 5.73 Å². The molecule has 0 aromatic carbocycles. The molecule has 3 rings (SSSR count). The Labute approximate surface area is 142 Å². The van der Waals surface area contributed by atoms with Gasteiger partial charge in [0.15, 0.2) is 5.13 Å². The van der Waals surface area contributed by atoms with E-state index in [1.54, 1.807) is 11.3 Å². The van der Waals surface area contributed by atoms with Crippen molar-refractivity contribution in [3.63, 3.8) is 0 Å². The van der Waals surface area contributed by atoms with Gasteiger partial charge < -0.3 is 15.5 Å². The highest BCUT2D eigenvalue weighted by Crippen LogP contribution is 2.29. The summed E-state index contributed by atoms with van der Waals surface area (Å²) in [7, 11) is 0. The van der Waals surface area contributed by atoms with Crippen LogP contribution in [0.4, 0.5) is 5.13 Å². The molecular formula is C17H28N4OS. The number of carbonyl (C=O) groups is 1. The number of anilines is 1. The van der Waals surface area contributed by atoms with Crippen LogP contribution in [-0.4, -0.2) is 48.0 Å². The Kier molecular flexibility index (Phi) is 5.21. The van der Waals surface area contributed by atoms with Crippen LogP contribution in [-0.2, 0) is 4.79 Å². The lowest BCUT2D eigenvalue weighted by Gasteiger charge is -2.41. The quantitative estimate of drug-likeness (QED) is 0.920. The summed E-state index contributed by atoms with van der Waals surface area (Å²) in [6.07, 6.45) is 4.03. The van der Waals surface area contributed by atoms with Gasteiger partial charge in [-0.1, -0.05) is 6.92 Å². The molecule has 6 heteroatoms. The maximum Gasteiger partial charge on any atom is 0.226 e. The third-order valence-corrected chi connectivity index (χ3v) is 6.27. The maximum atomic E-state index is 12.9. The predicted molar refractivity (Wildman–Crippen MR) is 94.7 cm³/mol. The van der Waals surface area contributed by atoms with E-state index in [-0.39, 0.29) is 12.0 Å². The lowest BCUT2D eigenvalue weighted by atomic mass is 9.89. The van der Waals surface area contributed by atoms with Crippen molar-refractivity contribution in [2.24, 2.45) is 17.6 Å². The molecule has 1 aromatic heterocycles. The molecule has 2 fully saturated rings. The van der Waals surface area contributed by atoms with Crippen LogP contribution in [0.3, 0.4) is 0 Å². The number of amides is 1. The molecule has 128 valence electrons.